The maximum absolute atomic E-state index is 11.9. The lowest BCUT2D eigenvalue weighted by molar-refractivity contribution is -0.121. The van der Waals surface area contributed by atoms with E-state index in [0.717, 1.165) is 10.8 Å². The van der Waals surface area contributed by atoms with Crippen LogP contribution in [0.1, 0.15) is 9.67 Å². The zero-order chi connectivity index (χ0) is 18.4. The number of thiophene rings is 1. The third-order valence-electron chi connectivity index (χ3n) is 3.38. The number of amides is 2. The Balaban J connectivity index is 1.44. The third kappa shape index (κ3) is 4.78. The molecule has 8 heteroatoms. The molecule has 3 aromatic rings. The molecule has 0 unspecified atom stereocenters. The van der Waals surface area contributed by atoms with Crippen molar-refractivity contribution in [3.63, 3.8) is 0 Å². The molecule has 0 radical (unpaired) electrons. The Morgan fingerprint density at radius 1 is 1.00 bits per heavy atom. The summed E-state index contributed by atoms with van der Waals surface area (Å²) in [6, 6.07) is 16.9. The number of fused-ring (bicyclic) bond motifs is 1. The van der Waals surface area contributed by atoms with Crippen LogP contribution < -0.4 is 20.9 Å². The summed E-state index contributed by atoms with van der Waals surface area (Å²) in [4.78, 5) is 24.2. The zero-order valence-electron chi connectivity index (χ0n) is 13.5. The van der Waals surface area contributed by atoms with Crippen LogP contribution >= 0.6 is 23.6 Å². The standard InChI is InChI=1S/C18H15N3O3S2/c22-16(19-18(25)21-20-17(23)15-6-3-9-26-15)11-24-14-8-7-12-4-1-2-5-13(12)10-14/h1-10H,11H2,(H,20,23)(H2,19,21,22,25). The van der Waals surface area contributed by atoms with Crippen LogP contribution in [0.3, 0.4) is 0 Å². The number of rotatable bonds is 4. The molecule has 0 spiro atoms. The van der Waals surface area contributed by atoms with Crippen LogP contribution in [0.5, 0.6) is 5.75 Å². The average Bonchev–Trinajstić information content (AvgIpc) is 3.19. The molecule has 0 saturated heterocycles. The highest BCUT2D eigenvalue weighted by atomic mass is 32.1. The van der Waals surface area contributed by atoms with E-state index in [4.69, 9.17) is 17.0 Å². The molecule has 132 valence electrons. The Hall–Kier alpha value is -2.97. The van der Waals surface area contributed by atoms with Gasteiger partial charge in [-0.1, -0.05) is 36.4 Å². The lowest BCUT2D eigenvalue weighted by Crippen LogP contribution is -2.49. The van der Waals surface area contributed by atoms with Crippen LogP contribution in [0.15, 0.2) is 60.0 Å². The van der Waals surface area contributed by atoms with Crippen molar-refractivity contribution < 1.29 is 14.3 Å². The first-order valence-electron chi connectivity index (χ1n) is 7.67. The highest BCUT2D eigenvalue weighted by Crippen LogP contribution is 2.20. The van der Waals surface area contributed by atoms with Crippen molar-refractivity contribution in [3.05, 3.63) is 64.9 Å². The summed E-state index contributed by atoms with van der Waals surface area (Å²) >= 11 is 6.26. The fourth-order valence-corrected chi connectivity index (χ4v) is 2.97. The van der Waals surface area contributed by atoms with Gasteiger partial charge in [0.05, 0.1) is 4.88 Å². The Morgan fingerprint density at radius 3 is 2.58 bits per heavy atom. The fourth-order valence-electron chi connectivity index (χ4n) is 2.18. The number of hydrazine groups is 1. The second kappa shape index (κ2) is 8.41. The highest BCUT2D eigenvalue weighted by molar-refractivity contribution is 7.80. The molecule has 2 amide bonds. The maximum Gasteiger partial charge on any atom is 0.279 e. The molecule has 26 heavy (non-hydrogen) atoms. The van der Waals surface area contributed by atoms with E-state index in [1.807, 2.05) is 36.4 Å². The molecular weight excluding hydrogens is 370 g/mol. The van der Waals surface area contributed by atoms with Crippen molar-refractivity contribution >= 4 is 51.3 Å². The van der Waals surface area contributed by atoms with Gasteiger partial charge in [-0.05, 0) is 46.6 Å². The number of hydrogen-bond acceptors (Lipinski definition) is 5. The van der Waals surface area contributed by atoms with Crippen LogP contribution in [0.25, 0.3) is 10.8 Å². The largest absolute Gasteiger partial charge is 0.484 e. The number of thiocarbonyl (C=S) groups is 1. The minimum absolute atomic E-state index is 0.0120. The van der Waals surface area contributed by atoms with Crippen molar-refractivity contribution in [3.8, 4) is 5.75 Å². The second-order valence-corrected chi connectivity index (χ2v) is 6.59. The van der Waals surface area contributed by atoms with Gasteiger partial charge < -0.3 is 4.74 Å². The van der Waals surface area contributed by atoms with Crippen LogP contribution in [0.2, 0.25) is 0 Å². The van der Waals surface area contributed by atoms with E-state index in [2.05, 4.69) is 16.2 Å². The quantitative estimate of drug-likeness (QED) is 0.475. The molecule has 3 rings (SSSR count). The van der Waals surface area contributed by atoms with E-state index in [0.29, 0.717) is 10.6 Å². The lowest BCUT2D eigenvalue weighted by atomic mass is 10.1. The summed E-state index contributed by atoms with van der Waals surface area (Å²) in [6.07, 6.45) is 0. The first-order chi connectivity index (χ1) is 12.6. The van der Waals surface area contributed by atoms with E-state index < -0.39 is 5.91 Å². The predicted molar refractivity (Wildman–Crippen MR) is 105 cm³/mol. The fraction of sp³-hybridized carbons (Fsp3) is 0.0556. The monoisotopic (exact) mass is 385 g/mol. The third-order valence-corrected chi connectivity index (χ3v) is 4.45. The lowest BCUT2D eigenvalue weighted by Gasteiger charge is -2.11. The van der Waals surface area contributed by atoms with Crippen molar-refractivity contribution in [2.75, 3.05) is 6.61 Å². The van der Waals surface area contributed by atoms with Gasteiger partial charge in [-0.25, -0.2) is 0 Å². The Kier molecular flexibility index (Phi) is 5.77. The number of benzene rings is 2. The summed E-state index contributed by atoms with van der Waals surface area (Å²) in [7, 11) is 0. The molecule has 0 aliphatic heterocycles. The second-order valence-electron chi connectivity index (χ2n) is 5.23. The molecule has 0 aliphatic rings. The van der Waals surface area contributed by atoms with Gasteiger partial charge in [0.15, 0.2) is 11.7 Å². The molecule has 0 aliphatic carbocycles. The molecule has 0 bridgehead atoms. The predicted octanol–water partition coefficient (Wildman–Crippen LogP) is 2.62. The zero-order valence-corrected chi connectivity index (χ0v) is 15.2. The summed E-state index contributed by atoms with van der Waals surface area (Å²) < 4.78 is 5.48. The Bertz CT molecular complexity index is 942. The summed E-state index contributed by atoms with van der Waals surface area (Å²) in [6.45, 7) is -0.195. The van der Waals surface area contributed by atoms with Crippen molar-refractivity contribution in [2.24, 2.45) is 0 Å². The van der Waals surface area contributed by atoms with Crippen molar-refractivity contribution in [1.82, 2.24) is 16.2 Å². The number of carbonyl (C=O) groups is 2. The Labute approximate surface area is 159 Å². The normalized spacial score (nSPS) is 10.2. The minimum atomic E-state index is -0.430. The molecule has 0 atom stereocenters. The van der Waals surface area contributed by atoms with Gasteiger partial charge in [-0.15, -0.1) is 11.3 Å². The van der Waals surface area contributed by atoms with Crippen LogP contribution in [-0.2, 0) is 4.79 Å². The molecule has 3 N–H and O–H groups in total. The van der Waals surface area contributed by atoms with E-state index in [1.54, 1.807) is 23.6 Å². The topological polar surface area (TPSA) is 79.5 Å². The molecule has 6 nitrogen and oxygen atoms in total. The van der Waals surface area contributed by atoms with Gasteiger partial charge in [-0.2, -0.15) is 0 Å². The van der Waals surface area contributed by atoms with Crippen LogP contribution in [-0.4, -0.2) is 23.5 Å². The summed E-state index contributed by atoms with van der Waals surface area (Å²) in [5.41, 5.74) is 4.88. The van der Waals surface area contributed by atoms with E-state index in [1.165, 1.54) is 11.3 Å². The molecule has 1 heterocycles. The number of ether oxygens (including phenoxy) is 1. The molecule has 2 aromatic carbocycles. The van der Waals surface area contributed by atoms with E-state index in [-0.39, 0.29) is 17.6 Å². The smallest absolute Gasteiger partial charge is 0.279 e. The number of nitrogens with one attached hydrogen (secondary N) is 3. The molecule has 0 saturated carbocycles. The van der Waals surface area contributed by atoms with Crippen molar-refractivity contribution in [1.29, 1.82) is 0 Å². The van der Waals surface area contributed by atoms with Gasteiger partial charge in [-0.3, -0.25) is 25.8 Å². The summed E-state index contributed by atoms with van der Waals surface area (Å²) in [5, 5.41) is 6.33. The molecular formula is C18H15N3O3S2. The summed E-state index contributed by atoms with van der Waals surface area (Å²) in [5.74, 6) is -0.172. The van der Waals surface area contributed by atoms with Gasteiger partial charge in [0.2, 0.25) is 0 Å². The van der Waals surface area contributed by atoms with E-state index >= 15 is 0 Å². The molecule has 1 aromatic heterocycles. The first kappa shape index (κ1) is 17.8. The van der Waals surface area contributed by atoms with Gasteiger partial charge in [0, 0.05) is 0 Å². The average molecular weight is 385 g/mol. The minimum Gasteiger partial charge on any atom is -0.484 e. The van der Waals surface area contributed by atoms with Crippen LogP contribution in [0, 0.1) is 0 Å². The number of hydrogen-bond donors (Lipinski definition) is 3. The van der Waals surface area contributed by atoms with Gasteiger partial charge in [0.1, 0.15) is 5.75 Å². The van der Waals surface area contributed by atoms with Crippen LogP contribution in [0.4, 0.5) is 0 Å². The van der Waals surface area contributed by atoms with Gasteiger partial charge >= 0.3 is 0 Å². The first-order valence-corrected chi connectivity index (χ1v) is 8.96. The van der Waals surface area contributed by atoms with Crippen molar-refractivity contribution in [2.45, 2.75) is 0 Å². The highest BCUT2D eigenvalue weighted by Gasteiger charge is 2.09. The molecule has 0 fully saturated rings. The Morgan fingerprint density at radius 2 is 1.81 bits per heavy atom. The maximum atomic E-state index is 11.9. The van der Waals surface area contributed by atoms with E-state index in [9.17, 15) is 9.59 Å². The van der Waals surface area contributed by atoms with Gasteiger partial charge in [0.25, 0.3) is 11.8 Å². The number of carbonyl (C=O) groups excluding carboxylic acids is 2. The SMILES string of the molecule is O=C(COc1ccc2ccccc2c1)NC(=S)NNC(=O)c1cccs1.